The number of anilines is 2. The van der Waals surface area contributed by atoms with E-state index in [1.165, 1.54) is 0 Å². The Hall–Kier alpha value is -3.12. The van der Waals surface area contributed by atoms with E-state index in [0.717, 1.165) is 4.47 Å². The Kier molecular flexibility index (Phi) is 4.41. The molecule has 2 amide bonds. The Balaban J connectivity index is 1.65. The summed E-state index contributed by atoms with van der Waals surface area (Å²) in [6, 6.07) is 19.5. The van der Waals surface area contributed by atoms with Gasteiger partial charge in [0.25, 0.3) is 11.8 Å². The number of hydrogen-bond acceptors (Lipinski definition) is 3. The quantitative estimate of drug-likeness (QED) is 0.625. The number of amides is 2. The molecule has 3 aromatic rings. The van der Waals surface area contributed by atoms with Crippen molar-refractivity contribution in [2.24, 2.45) is 0 Å². The Labute approximate surface area is 164 Å². The van der Waals surface area contributed by atoms with Gasteiger partial charge in [0.2, 0.25) is 0 Å². The van der Waals surface area contributed by atoms with Gasteiger partial charge in [-0.25, -0.2) is 0 Å². The Bertz CT molecular complexity index is 1050. The summed E-state index contributed by atoms with van der Waals surface area (Å²) in [5, 5.41) is 2.82. The highest BCUT2D eigenvalue weighted by atomic mass is 79.9. The molecule has 0 bridgehead atoms. The summed E-state index contributed by atoms with van der Waals surface area (Å²) in [7, 11) is 1.70. The molecule has 5 nitrogen and oxygen atoms in total. The van der Waals surface area contributed by atoms with Crippen LogP contribution in [0.3, 0.4) is 0 Å². The first kappa shape index (κ1) is 17.3. The van der Waals surface area contributed by atoms with Gasteiger partial charge >= 0.3 is 0 Å². The smallest absolute Gasteiger partial charge is 0.261 e. The molecule has 0 unspecified atom stereocenters. The second-order valence-electron chi connectivity index (χ2n) is 6.11. The number of benzene rings is 3. The number of ether oxygens (including phenoxy) is 1. The molecule has 0 atom stereocenters. The lowest BCUT2D eigenvalue weighted by Crippen LogP contribution is -2.25. The molecule has 0 aliphatic carbocycles. The lowest BCUT2D eigenvalue weighted by molar-refractivity contribution is 0.0990. The number of rotatable bonds is 2. The predicted octanol–water partition coefficient (Wildman–Crippen LogP) is 5.08. The fourth-order valence-corrected chi connectivity index (χ4v) is 3.16. The summed E-state index contributed by atoms with van der Waals surface area (Å²) in [5.74, 6) is 0.618. The number of hydrogen-bond donors (Lipinski definition) is 1. The van der Waals surface area contributed by atoms with Crippen LogP contribution in [-0.2, 0) is 0 Å². The van der Waals surface area contributed by atoms with E-state index < -0.39 is 0 Å². The van der Waals surface area contributed by atoms with Gasteiger partial charge in [-0.3, -0.25) is 9.59 Å². The van der Waals surface area contributed by atoms with Crippen molar-refractivity contribution in [2.45, 2.75) is 0 Å². The maximum absolute atomic E-state index is 12.9. The first-order valence-electron chi connectivity index (χ1n) is 8.29. The molecule has 0 spiro atoms. The fourth-order valence-electron chi connectivity index (χ4n) is 2.90. The fraction of sp³-hybridized carbons (Fsp3) is 0.0476. The largest absolute Gasteiger partial charge is 0.454 e. The van der Waals surface area contributed by atoms with Crippen LogP contribution in [-0.4, -0.2) is 18.9 Å². The van der Waals surface area contributed by atoms with Crippen LogP contribution < -0.4 is 15.0 Å². The first-order valence-corrected chi connectivity index (χ1v) is 9.08. The van der Waals surface area contributed by atoms with Crippen molar-refractivity contribution in [1.29, 1.82) is 0 Å². The van der Waals surface area contributed by atoms with Crippen LogP contribution >= 0.6 is 15.9 Å². The molecule has 1 aliphatic rings. The van der Waals surface area contributed by atoms with Crippen LogP contribution in [0.2, 0.25) is 0 Å². The van der Waals surface area contributed by atoms with Crippen molar-refractivity contribution in [3.05, 3.63) is 82.3 Å². The molecule has 27 heavy (non-hydrogen) atoms. The summed E-state index contributed by atoms with van der Waals surface area (Å²) in [6.45, 7) is 0. The summed E-state index contributed by atoms with van der Waals surface area (Å²) in [4.78, 5) is 26.8. The minimum atomic E-state index is -0.249. The minimum Gasteiger partial charge on any atom is -0.454 e. The van der Waals surface area contributed by atoms with Crippen molar-refractivity contribution in [3.63, 3.8) is 0 Å². The van der Waals surface area contributed by atoms with Crippen molar-refractivity contribution in [2.75, 3.05) is 17.3 Å². The number of carbonyl (C=O) groups excluding carboxylic acids is 2. The Morgan fingerprint density at radius 3 is 2.52 bits per heavy atom. The standard InChI is InChI=1S/C21H15BrN2O3/c1-24-17-4-2-3-5-19(17)27-18-11-10-15(12-16(18)21(24)26)23-20(25)13-6-8-14(22)9-7-13/h2-12H,1H3,(H,23,25). The highest BCUT2D eigenvalue weighted by molar-refractivity contribution is 9.10. The number of halogens is 1. The molecule has 4 rings (SSSR count). The Morgan fingerprint density at radius 1 is 1.00 bits per heavy atom. The average molecular weight is 423 g/mol. The predicted molar refractivity (Wildman–Crippen MR) is 108 cm³/mol. The van der Waals surface area contributed by atoms with Crippen molar-refractivity contribution >= 4 is 39.1 Å². The normalized spacial score (nSPS) is 12.5. The maximum atomic E-state index is 12.9. The van der Waals surface area contributed by atoms with Crippen LogP contribution in [0.5, 0.6) is 11.5 Å². The van der Waals surface area contributed by atoms with Crippen LogP contribution in [0, 0.1) is 0 Å². The second-order valence-corrected chi connectivity index (χ2v) is 7.02. The maximum Gasteiger partial charge on any atom is 0.261 e. The van der Waals surface area contributed by atoms with Crippen molar-refractivity contribution in [3.8, 4) is 11.5 Å². The summed E-state index contributed by atoms with van der Waals surface area (Å²) in [6.07, 6.45) is 0. The molecule has 134 valence electrons. The zero-order valence-electron chi connectivity index (χ0n) is 14.4. The van der Waals surface area contributed by atoms with Gasteiger partial charge in [0.05, 0.1) is 11.3 Å². The molecule has 1 aliphatic heterocycles. The third kappa shape index (κ3) is 3.31. The van der Waals surface area contributed by atoms with Gasteiger partial charge in [0.1, 0.15) is 5.75 Å². The second kappa shape index (κ2) is 6.89. The van der Waals surface area contributed by atoms with Gasteiger partial charge in [0.15, 0.2) is 5.75 Å². The van der Waals surface area contributed by atoms with E-state index >= 15 is 0 Å². The minimum absolute atomic E-state index is 0.199. The molecule has 0 aromatic heterocycles. The van der Waals surface area contributed by atoms with Crippen LogP contribution in [0.15, 0.2) is 71.2 Å². The number of nitrogens with zero attached hydrogens (tertiary/aromatic N) is 1. The molecule has 1 heterocycles. The molecule has 6 heteroatoms. The van der Waals surface area contributed by atoms with Gasteiger partial charge < -0.3 is 15.0 Å². The third-order valence-corrected chi connectivity index (χ3v) is 4.85. The SMILES string of the molecule is CN1C(=O)c2cc(NC(=O)c3ccc(Br)cc3)ccc2Oc2ccccc21. The van der Waals surface area contributed by atoms with Crippen LogP contribution in [0.1, 0.15) is 20.7 Å². The van der Waals surface area contributed by atoms with Gasteiger partial charge in [0, 0.05) is 22.8 Å². The molecule has 0 saturated carbocycles. The van der Waals surface area contributed by atoms with Gasteiger partial charge in [-0.2, -0.15) is 0 Å². The van der Waals surface area contributed by atoms with Crippen molar-refractivity contribution in [1.82, 2.24) is 0 Å². The lowest BCUT2D eigenvalue weighted by atomic mass is 10.1. The summed E-state index contributed by atoms with van der Waals surface area (Å²) < 4.78 is 6.82. The molecular weight excluding hydrogens is 408 g/mol. The average Bonchev–Trinajstić information content (AvgIpc) is 2.78. The van der Waals surface area contributed by atoms with Crippen LogP contribution in [0.25, 0.3) is 0 Å². The lowest BCUT2D eigenvalue weighted by Gasteiger charge is -2.16. The van der Waals surface area contributed by atoms with E-state index in [-0.39, 0.29) is 11.8 Å². The molecular formula is C21H15BrN2O3. The topological polar surface area (TPSA) is 58.6 Å². The highest BCUT2D eigenvalue weighted by Crippen LogP contribution is 2.38. The van der Waals surface area contributed by atoms with E-state index in [2.05, 4.69) is 21.2 Å². The van der Waals surface area contributed by atoms with E-state index in [4.69, 9.17) is 4.74 Å². The summed E-state index contributed by atoms with van der Waals surface area (Å²) >= 11 is 3.35. The van der Waals surface area contributed by atoms with E-state index in [1.54, 1.807) is 54.4 Å². The molecule has 3 aromatic carbocycles. The number of fused-ring (bicyclic) bond motifs is 2. The zero-order chi connectivity index (χ0) is 19.0. The third-order valence-electron chi connectivity index (χ3n) is 4.33. The molecule has 0 saturated heterocycles. The van der Waals surface area contributed by atoms with E-state index in [1.807, 2.05) is 24.3 Å². The number of carbonyl (C=O) groups is 2. The highest BCUT2D eigenvalue weighted by Gasteiger charge is 2.25. The van der Waals surface area contributed by atoms with Gasteiger partial charge in [-0.15, -0.1) is 0 Å². The van der Waals surface area contributed by atoms with E-state index in [0.29, 0.717) is 34.0 Å². The first-order chi connectivity index (χ1) is 13.0. The number of para-hydroxylation sites is 2. The number of nitrogens with one attached hydrogen (secondary N) is 1. The van der Waals surface area contributed by atoms with Gasteiger partial charge in [-0.1, -0.05) is 28.1 Å². The molecule has 0 fully saturated rings. The zero-order valence-corrected chi connectivity index (χ0v) is 16.0. The molecule has 1 N–H and O–H groups in total. The van der Waals surface area contributed by atoms with E-state index in [9.17, 15) is 9.59 Å². The summed E-state index contributed by atoms with van der Waals surface area (Å²) in [5.41, 5.74) is 2.14. The van der Waals surface area contributed by atoms with Crippen molar-refractivity contribution < 1.29 is 14.3 Å². The van der Waals surface area contributed by atoms with Gasteiger partial charge in [-0.05, 0) is 54.6 Å². The Morgan fingerprint density at radius 2 is 1.74 bits per heavy atom. The monoisotopic (exact) mass is 422 g/mol. The molecule has 0 radical (unpaired) electrons. The van der Waals surface area contributed by atoms with Crippen LogP contribution in [0.4, 0.5) is 11.4 Å².